The predicted octanol–water partition coefficient (Wildman–Crippen LogP) is 3.01. The van der Waals surface area contributed by atoms with Gasteiger partial charge in [-0.25, -0.2) is 0 Å². The summed E-state index contributed by atoms with van der Waals surface area (Å²) in [6.45, 7) is 3.87. The molecule has 0 saturated heterocycles. The molecule has 7 heteroatoms. The van der Waals surface area contributed by atoms with E-state index < -0.39 is 10.1 Å². The first-order valence-electron chi connectivity index (χ1n) is 6.24. The number of carbonyl (C=O) groups is 1. The van der Waals surface area contributed by atoms with Gasteiger partial charge in [-0.15, -0.1) is 0 Å². The van der Waals surface area contributed by atoms with Gasteiger partial charge in [0.15, 0.2) is 0 Å². The Morgan fingerprint density at radius 1 is 1.27 bits per heavy atom. The number of nitrogens with two attached hydrogens (primary N) is 1. The highest BCUT2D eigenvalue weighted by atomic mass is 32.2. The summed E-state index contributed by atoms with van der Waals surface area (Å²) in [4.78, 5) is 10.8. The van der Waals surface area contributed by atoms with Gasteiger partial charge in [0.1, 0.15) is 0 Å². The number of thiophene rings is 1. The maximum absolute atomic E-state index is 10.8. The first kappa shape index (κ1) is 18.1. The molecule has 0 spiro atoms. The number of amides is 1. The summed E-state index contributed by atoms with van der Waals surface area (Å²) < 4.78 is 28.7. The van der Waals surface area contributed by atoms with Crippen LogP contribution >= 0.6 is 11.3 Å². The topological polar surface area (TPSA) is 97.5 Å². The molecule has 1 aromatic carbocycles. The summed E-state index contributed by atoms with van der Waals surface area (Å²) in [6, 6.07) is 7.34. The average Bonchev–Trinajstić information content (AvgIpc) is 2.89. The Hall–Kier alpha value is -1.96. The minimum atomic E-state index is -3.98. The third-order valence-electron chi connectivity index (χ3n) is 2.62. The normalized spacial score (nSPS) is 11.0. The van der Waals surface area contributed by atoms with Gasteiger partial charge in [0.05, 0.1) is 5.41 Å². The Labute approximate surface area is 133 Å². The zero-order chi connectivity index (χ0) is 16.8. The fourth-order valence-electron chi connectivity index (χ4n) is 1.62. The second-order valence-electron chi connectivity index (χ2n) is 4.56. The van der Waals surface area contributed by atoms with Crippen molar-refractivity contribution >= 4 is 33.4 Å². The first-order chi connectivity index (χ1) is 10.2. The SMILES string of the molecule is Cc1ccc(C(N)=O)c(C)c1.O=S(=O)(O)/C=C/c1ccsc1. The lowest BCUT2D eigenvalue weighted by Gasteiger charge is -2.01. The molecule has 2 rings (SSSR count). The van der Waals surface area contributed by atoms with Crippen molar-refractivity contribution in [3.63, 3.8) is 0 Å². The zero-order valence-corrected chi connectivity index (χ0v) is 13.8. The lowest BCUT2D eigenvalue weighted by molar-refractivity contribution is 0.0999. The van der Waals surface area contributed by atoms with Crippen molar-refractivity contribution in [3.05, 3.63) is 62.7 Å². The number of hydrogen-bond donors (Lipinski definition) is 2. The van der Waals surface area contributed by atoms with Crippen molar-refractivity contribution in [3.8, 4) is 0 Å². The summed E-state index contributed by atoms with van der Waals surface area (Å²) >= 11 is 1.46. The van der Waals surface area contributed by atoms with E-state index in [9.17, 15) is 13.2 Å². The molecule has 0 aliphatic carbocycles. The van der Waals surface area contributed by atoms with Gasteiger partial charge in [0.2, 0.25) is 5.91 Å². The third kappa shape index (κ3) is 6.66. The number of primary amides is 1. The standard InChI is InChI=1S/C9H11NO.C6H6O3S2/c1-6-3-4-8(9(10)11)7(2)5-6;7-11(8,9)4-2-6-1-3-10-5-6/h3-5H,1-2H3,(H2,10,11);1-5H,(H,7,8,9)/b;4-2+. The fraction of sp³-hybridized carbons (Fsp3) is 0.133. The summed E-state index contributed by atoms with van der Waals surface area (Å²) in [5.74, 6) is -0.359. The molecule has 1 aromatic heterocycles. The molecule has 1 amide bonds. The van der Waals surface area contributed by atoms with Crippen LogP contribution in [0, 0.1) is 13.8 Å². The fourth-order valence-corrected chi connectivity index (χ4v) is 2.58. The maximum atomic E-state index is 10.8. The second kappa shape index (κ2) is 7.88. The highest BCUT2D eigenvalue weighted by molar-refractivity contribution is 7.88. The van der Waals surface area contributed by atoms with Crippen molar-refractivity contribution in [1.29, 1.82) is 0 Å². The number of aryl methyl sites for hydroxylation is 2. The van der Waals surface area contributed by atoms with Crippen LogP contribution in [0.1, 0.15) is 27.0 Å². The van der Waals surface area contributed by atoms with Gasteiger partial charge in [-0.3, -0.25) is 9.35 Å². The molecule has 1 heterocycles. The number of rotatable bonds is 3. The smallest absolute Gasteiger partial charge is 0.287 e. The van der Waals surface area contributed by atoms with Crippen molar-refractivity contribution in [2.75, 3.05) is 0 Å². The van der Waals surface area contributed by atoms with Gasteiger partial charge < -0.3 is 5.73 Å². The van der Waals surface area contributed by atoms with E-state index in [1.807, 2.05) is 31.4 Å². The highest BCUT2D eigenvalue weighted by Crippen LogP contribution is 2.09. The molecular weight excluding hydrogens is 322 g/mol. The molecule has 0 atom stereocenters. The second-order valence-corrected chi connectivity index (χ2v) is 6.64. The van der Waals surface area contributed by atoms with Crippen LogP contribution in [0.15, 0.2) is 40.4 Å². The number of benzene rings is 1. The van der Waals surface area contributed by atoms with E-state index in [1.54, 1.807) is 17.5 Å². The molecule has 118 valence electrons. The largest absolute Gasteiger partial charge is 0.366 e. The predicted molar refractivity (Wildman–Crippen MR) is 89.3 cm³/mol. The average molecular weight is 339 g/mol. The quantitative estimate of drug-likeness (QED) is 0.840. The molecule has 0 bridgehead atoms. The van der Waals surface area contributed by atoms with Crippen LogP contribution in [0.5, 0.6) is 0 Å². The van der Waals surface area contributed by atoms with Gasteiger partial charge in [-0.05, 0) is 53.9 Å². The van der Waals surface area contributed by atoms with Crippen LogP contribution in [0.25, 0.3) is 6.08 Å². The van der Waals surface area contributed by atoms with Crippen LogP contribution in [-0.4, -0.2) is 18.9 Å². The van der Waals surface area contributed by atoms with E-state index in [1.165, 1.54) is 17.4 Å². The minimum Gasteiger partial charge on any atom is -0.366 e. The highest BCUT2D eigenvalue weighted by Gasteiger charge is 2.02. The molecule has 2 aromatic rings. The van der Waals surface area contributed by atoms with E-state index in [4.69, 9.17) is 10.3 Å². The Morgan fingerprint density at radius 3 is 2.41 bits per heavy atom. The van der Waals surface area contributed by atoms with Gasteiger partial charge in [-0.2, -0.15) is 19.8 Å². The summed E-state index contributed by atoms with van der Waals surface area (Å²) in [5, 5.41) is 4.36. The summed E-state index contributed by atoms with van der Waals surface area (Å²) in [6.07, 6.45) is 1.34. The van der Waals surface area contributed by atoms with Crippen LogP contribution < -0.4 is 5.73 Å². The molecule has 5 nitrogen and oxygen atoms in total. The van der Waals surface area contributed by atoms with Crippen molar-refractivity contribution in [1.82, 2.24) is 0 Å². The summed E-state index contributed by atoms with van der Waals surface area (Å²) in [5.41, 5.74) is 8.59. The Bertz CT molecular complexity index is 763. The molecule has 0 saturated carbocycles. The Kier molecular flexibility index (Phi) is 6.48. The van der Waals surface area contributed by atoms with E-state index in [2.05, 4.69) is 0 Å². The van der Waals surface area contributed by atoms with Gasteiger partial charge in [-0.1, -0.05) is 17.7 Å². The van der Waals surface area contributed by atoms with E-state index in [0.717, 1.165) is 22.1 Å². The lowest BCUT2D eigenvalue weighted by atomic mass is 10.1. The Morgan fingerprint density at radius 2 is 1.95 bits per heavy atom. The Balaban J connectivity index is 0.000000220. The van der Waals surface area contributed by atoms with E-state index in [-0.39, 0.29) is 5.91 Å². The molecule has 0 radical (unpaired) electrons. The molecule has 22 heavy (non-hydrogen) atoms. The molecule has 0 aliphatic heterocycles. The van der Waals surface area contributed by atoms with Crippen molar-refractivity contribution < 1.29 is 17.8 Å². The van der Waals surface area contributed by atoms with Crippen LogP contribution in [0.2, 0.25) is 0 Å². The van der Waals surface area contributed by atoms with Gasteiger partial charge in [0, 0.05) is 5.56 Å². The minimum absolute atomic E-state index is 0.359. The number of carbonyl (C=O) groups excluding carboxylic acids is 1. The van der Waals surface area contributed by atoms with E-state index >= 15 is 0 Å². The van der Waals surface area contributed by atoms with Crippen LogP contribution in [-0.2, 0) is 10.1 Å². The zero-order valence-electron chi connectivity index (χ0n) is 12.2. The molecule has 0 unspecified atom stereocenters. The van der Waals surface area contributed by atoms with Crippen LogP contribution in [0.4, 0.5) is 0 Å². The number of hydrogen-bond acceptors (Lipinski definition) is 4. The monoisotopic (exact) mass is 339 g/mol. The van der Waals surface area contributed by atoms with Gasteiger partial charge >= 0.3 is 0 Å². The molecular formula is C15H17NO4S2. The van der Waals surface area contributed by atoms with Crippen molar-refractivity contribution in [2.24, 2.45) is 5.73 Å². The molecule has 0 aliphatic rings. The van der Waals surface area contributed by atoms with Gasteiger partial charge in [0.25, 0.3) is 10.1 Å². The molecule has 0 fully saturated rings. The lowest BCUT2D eigenvalue weighted by Crippen LogP contribution is -2.12. The summed E-state index contributed by atoms with van der Waals surface area (Å²) in [7, 11) is -3.98. The molecule has 3 N–H and O–H groups in total. The van der Waals surface area contributed by atoms with Crippen LogP contribution in [0.3, 0.4) is 0 Å². The van der Waals surface area contributed by atoms with Crippen molar-refractivity contribution in [2.45, 2.75) is 13.8 Å². The maximum Gasteiger partial charge on any atom is 0.287 e. The third-order valence-corrected chi connectivity index (χ3v) is 3.80. The first-order valence-corrected chi connectivity index (χ1v) is 8.68. The van der Waals surface area contributed by atoms with E-state index in [0.29, 0.717) is 5.56 Å².